The van der Waals surface area contributed by atoms with Gasteiger partial charge in [0.2, 0.25) is 5.91 Å². The first-order valence-corrected chi connectivity index (χ1v) is 8.56. The number of hydrogen-bond donors (Lipinski definition) is 2. The van der Waals surface area contributed by atoms with Gasteiger partial charge in [-0.2, -0.15) is 0 Å². The van der Waals surface area contributed by atoms with E-state index in [1.165, 1.54) is 11.3 Å². The molecule has 0 spiro atoms. The summed E-state index contributed by atoms with van der Waals surface area (Å²) < 4.78 is 0. The Bertz CT molecular complexity index is 587. The third-order valence-corrected chi connectivity index (χ3v) is 4.37. The van der Waals surface area contributed by atoms with Crippen LogP contribution in [0.25, 0.3) is 0 Å². The number of amides is 1. The fourth-order valence-corrected chi connectivity index (χ4v) is 3.03. The zero-order chi connectivity index (χ0) is 16.7. The van der Waals surface area contributed by atoms with Crippen LogP contribution in [0.2, 0.25) is 0 Å². The van der Waals surface area contributed by atoms with Crippen LogP contribution in [0.1, 0.15) is 19.4 Å². The minimum absolute atomic E-state index is 0.0228. The van der Waals surface area contributed by atoms with E-state index < -0.39 is 0 Å². The maximum absolute atomic E-state index is 12.3. The molecular weight excluding hydrogens is 310 g/mol. The van der Waals surface area contributed by atoms with Gasteiger partial charge in [0.15, 0.2) is 5.13 Å². The van der Waals surface area contributed by atoms with Crippen molar-refractivity contribution in [1.82, 2.24) is 9.88 Å². The number of carbonyl (C=O) groups excluding carboxylic acids is 1. The number of nitrogens with one attached hydrogen (secondary N) is 1. The summed E-state index contributed by atoms with van der Waals surface area (Å²) >= 11 is 1.39. The van der Waals surface area contributed by atoms with Gasteiger partial charge >= 0.3 is 0 Å². The second kappa shape index (κ2) is 8.76. The number of thiazole rings is 1. The monoisotopic (exact) mass is 333 g/mol. The first-order chi connectivity index (χ1) is 11.1. The molecule has 0 saturated heterocycles. The molecule has 0 bridgehead atoms. The summed E-state index contributed by atoms with van der Waals surface area (Å²) in [6.07, 6.45) is 1.66. The summed E-state index contributed by atoms with van der Waals surface area (Å²) in [5, 5.41) is 15.0. The van der Waals surface area contributed by atoms with Gasteiger partial charge in [0.1, 0.15) is 0 Å². The van der Waals surface area contributed by atoms with Gasteiger partial charge in [-0.25, -0.2) is 4.98 Å². The third kappa shape index (κ3) is 5.42. The van der Waals surface area contributed by atoms with Crippen LogP contribution in [-0.4, -0.2) is 40.1 Å². The van der Waals surface area contributed by atoms with Gasteiger partial charge in [-0.15, -0.1) is 11.3 Å². The topological polar surface area (TPSA) is 65.5 Å². The SMILES string of the molecule is CC(C)C(CO)N(CC(=O)Nc1nccs1)Cc1ccccc1. The van der Waals surface area contributed by atoms with Gasteiger partial charge in [-0.1, -0.05) is 44.2 Å². The van der Waals surface area contributed by atoms with E-state index >= 15 is 0 Å². The number of anilines is 1. The summed E-state index contributed by atoms with van der Waals surface area (Å²) in [4.78, 5) is 18.4. The lowest BCUT2D eigenvalue weighted by atomic mass is 10.0. The molecule has 0 fully saturated rings. The molecule has 0 aliphatic rings. The summed E-state index contributed by atoms with van der Waals surface area (Å²) in [6, 6.07) is 9.91. The standard InChI is InChI=1S/C17H23N3O2S/c1-13(2)15(12-21)20(10-14-6-4-3-5-7-14)11-16(22)19-17-18-8-9-23-17/h3-9,13,15,21H,10-12H2,1-2H3,(H,18,19,22). The largest absolute Gasteiger partial charge is 0.395 e. The predicted octanol–water partition coefficient (Wildman–Crippen LogP) is 2.60. The summed E-state index contributed by atoms with van der Waals surface area (Å²) in [5.74, 6) is 0.131. The fourth-order valence-electron chi connectivity index (χ4n) is 2.48. The highest BCUT2D eigenvalue weighted by Gasteiger charge is 2.23. The molecule has 0 aliphatic carbocycles. The highest BCUT2D eigenvalue weighted by Crippen LogP contribution is 2.16. The zero-order valence-corrected chi connectivity index (χ0v) is 14.3. The van der Waals surface area contributed by atoms with Crippen LogP contribution in [0.15, 0.2) is 41.9 Å². The van der Waals surface area contributed by atoms with Gasteiger partial charge in [-0.05, 0) is 11.5 Å². The van der Waals surface area contributed by atoms with Crippen LogP contribution in [-0.2, 0) is 11.3 Å². The number of aliphatic hydroxyl groups is 1. The minimum Gasteiger partial charge on any atom is -0.395 e. The molecule has 1 aromatic carbocycles. The number of rotatable bonds is 8. The normalized spacial score (nSPS) is 12.6. The maximum atomic E-state index is 12.3. The van der Waals surface area contributed by atoms with Crippen LogP contribution in [0, 0.1) is 5.92 Å². The van der Waals surface area contributed by atoms with Gasteiger partial charge in [-0.3, -0.25) is 9.69 Å². The highest BCUT2D eigenvalue weighted by molar-refractivity contribution is 7.13. The highest BCUT2D eigenvalue weighted by atomic mass is 32.1. The van der Waals surface area contributed by atoms with Crippen molar-refractivity contribution in [3.05, 3.63) is 47.5 Å². The van der Waals surface area contributed by atoms with Crippen LogP contribution in [0.5, 0.6) is 0 Å². The molecule has 1 atom stereocenters. The molecule has 23 heavy (non-hydrogen) atoms. The lowest BCUT2D eigenvalue weighted by molar-refractivity contribution is -0.118. The van der Waals surface area contributed by atoms with Gasteiger partial charge in [0.05, 0.1) is 13.2 Å². The minimum atomic E-state index is -0.116. The molecule has 2 rings (SSSR count). The Hall–Kier alpha value is -1.76. The lowest BCUT2D eigenvalue weighted by Crippen LogP contribution is -2.45. The van der Waals surface area contributed by atoms with Crippen molar-refractivity contribution in [2.45, 2.75) is 26.4 Å². The van der Waals surface area contributed by atoms with Crippen LogP contribution in [0.4, 0.5) is 5.13 Å². The smallest absolute Gasteiger partial charge is 0.240 e. The average Bonchev–Trinajstić information content (AvgIpc) is 3.01. The van der Waals surface area contributed by atoms with E-state index in [0.717, 1.165) is 5.56 Å². The summed E-state index contributed by atoms with van der Waals surface area (Å²) in [7, 11) is 0. The van der Waals surface area contributed by atoms with E-state index in [9.17, 15) is 9.90 Å². The van der Waals surface area contributed by atoms with Crippen LogP contribution >= 0.6 is 11.3 Å². The quantitative estimate of drug-likeness (QED) is 0.779. The predicted molar refractivity (Wildman–Crippen MR) is 93.3 cm³/mol. The Morgan fingerprint density at radius 2 is 2.09 bits per heavy atom. The summed E-state index contributed by atoms with van der Waals surface area (Å²) in [5.41, 5.74) is 1.12. The van der Waals surface area contributed by atoms with Gasteiger partial charge < -0.3 is 10.4 Å². The molecule has 0 radical (unpaired) electrons. The Morgan fingerprint density at radius 3 is 2.65 bits per heavy atom. The first-order valence-electron chi connectivity index (χ1n) is 7.68. The van der Waals surface area contributed by atoms with Crippen LogP contribution in [0.3, 0.4) is 0 Å². The maximum Gasteiger partial charge on any atom is 0.240 e. The van der Waals surface area contributed by atoms with Crippen molar-refractivity contribution in [2.24, 2.45) is 5.92 Å². The third-order valence-electron chi connectivity index (χ3n) is 3.68. The van der Waals surface area contributed by atoms with Crippen molar-refractivity contribution in [3.8, 4) is 0 Å². The molecule has 124 valence electrons. The molecule has 2 aromatic rings. The molecule has 1 aromatic heterocycles. The van der Waals surface area contributed by atoms with Crippen molar-refractivity contribution < 1.29 is 9.90 Å². The number of aromatic nitrogens is 1. The Kier molecular flexibility index (Phi) is 6.70. The van der Waals surface area contributed by atoms with Crippen molar-refractivity contribution in [3.63, 3.8) is 0 Å². The average molecular weight is 333 g/mol. The Balaban J connectivity index is 2.07. The molecule has 1 heterocycles. The number of nitrogens with zero attached hydrogens (tertiary/aromatic N) is 2. The van der Waals surface area contributed by atoms with E-state index in [1.807, 2.05) is 40.6 Å². The van der Waals surface area contributed by atoms with Crippen molar-refractivity contribution >= 4 is 22.4 Å². The Labute approximate surface area is 141 Å². The van der Waals surface area contributed by atoms with E-state index in [1.54, 1.807) is 6.20 Å². The fraction of sp³-hybridized carbons (Fsp3) is 0.412. The Morgan fingerprint density at radius 1 is 1.35 bits per heavy atom. The zero-order valence-electron chi connectivity index (χ0n) is 13.5. The van der Waals surface area contributed by atoms with Crippen molar-refractivity contribution in [1.29, 1.82) is 0 Å². The molecule has 6 heteroatoms. The van der Waals surface area contributed by atoms with Gasteiger partial charge in [0.25, 0.3) is 0 Å². The van der Waals surface area contributed by atoms with Crippen LogP contribution < -0.4 is 5.32 Å². The van der Waals surface area contributed by atoms with Crippen molar-refractivity contribution in [2.75, 3.05) is 18.5 Å². The number of hydrogen-bond acceptors (Lipinski definition) is 5. The number of benzene rings is 1. The molecule has 0 saturated carbocycles. The number of aliphatic hydroxyl groups excluding tert-OH is 1. The first kappa shape index (κ1) is 17.6. The number of carbonyl (C=O) groups is 1. The molecule has 1 amide bonds. The lowest BCUT2D eigenvalue weighted by Gasteiger charge is -2.32. The van der Waals surface area contributed by atoms with E-state index in [0.29, 0.717) is 11.7 Å². The molecule has 1 unspecified atom stereocenters. The molecular formula is C17H23N3O2S. The molecule has 0 aliphatic heterocycles. The second-order valence-corrected chi connectivity index (χ2v) is 6.66. The molecule has 2 N–H and O–H groups in total. The van der Waals surface area contributed by atoms with E-state index in [-0.39, 0.29) is 31.0 Å². The molecule has 5 nitrogen and oxygen atoms in total. The van der Waals surface area contributed by atoms with E-state index in [2.05, 4.69) is 24.1 Å². The van der Waals surface area contributed by atoms with Gasteiger partial charge in [0, 0.05) is 24.2 Å². The summed E-state index contributed by atoms with van der Waals surface area (Å²) in [6.45, 7) is 4.97. The van der Waals surface area contributed by atoms with E-state index in [4.69, 9.17) is 0 Å². The second-order valence-electron chi connectivity index (χ2n) is 5.77.